The van der Waals surface area contributed by atoms with Gasteiger partial charge in [-0.25, -0.2) is 15.0 Å². The fourth-order valence-corrected chi connectivity index (χ4v) is 1.94. The lowest BCUT2D eigenvalue weighted by Gasteiger charge is -2.16. The zero-order valence-electron chi connectivity index (χ0n) is 12.6. The fourth-order valence-electron chi connectivity index (χ4n) is 1.94. The van der Waals surface area contributed by atoms with Crippen molar-refractivity contribution in [3.63, 3.8) is 0 Å². The minimum absolute atomic E-state index is 0.0493. The van der Waals surface area contributed by atoms with Gasteiger partial charge in [0.15, 0.2) is 0 Å². The molecule has 0 aromatic carbocycles. The molecule has 0 saturated carbocycles. The molecule has 2 heterocycles. The molecule has 20 heavy (non-hydrogen) atoms. The second-order valence-corrected chi connectivity index (χ2v) is 4.74. The highest BCUT2D eigenvalue weighted by Gasteiger charge is 2.15. The van der Waals surface area contributed by atoms with Crippen molar-refractivity contribution >= 4 is 11.6 Å². The van der Waals surface area contributed by atoms with Crippen LogP contribution in [0.5, 0.6) is 0 Å². The largest absolute Gasteiger partial charge is 0.444 e. The van der Waals surface area contributed by atoms with Crippen LogP contribution in [0.3, 0.4) is 0 Å². The van der Waals surface area contributed by atoms with Crippen LogP contribution in [0.25, 0.3) is 0 Å². The molecular formula is C14H21N5O. The second kappa shape index (κ2) is 5.90. The Balaban J connectivity index is 2.28. The van der Waals surface area contributed by atoms with Gasteiger partial charge in [-0.2, -0.15) is 0 Å². The van der Waals surface area contributed by atoms with Gasteiger partial charge in [-0.3, -0.25) is 0 Å². The summed E-state index contributed by atoms with van der Waals surface area (Å²) < 4.78 is 5.54. The molecule has 2 rings (SSSR count). The lowest BCUT2D eigenvalue weighted by Crippen LogP contribution is -2.13. The van der Waals surface area contributed by atoms with E-state index in [1.807, 2.05) is 34.7 Å². The quantitative estimate of drug-likeness (QED) is 0.874. The average Bonchev–Trinajstić information content (AvgIpc) is 2.87. The Morgan fingerprint density at radius 1 is 1.25 bits per heavy atom. The van der Waals surface area contributed by atoms with E-state index in [1.165, 1.54) is 0 Å². The van der Waals surface area contributed by atoms with Crippen LogP contribution in [0.2, 0.25) is 0 Å². The van der Waals surface area contributed by atoms with Crippen molar-refractivity contribution in [1.82, 2.24) is 15.0 Å². The maximum atomic E-state index is 5.54. The van der Waals surface area contributed by atoms with Crippen LogP contribution in [0.15, 0.2) is 10.6 Å². The molecule has 1 atom stereocenters. The maximum Gasteiger partial charge on any atom is 0.216 e. The Bertz CT molecular complexity index is 593. The fraction of sp³-hybridized carbons (Fsp3) is 0.500. The van der Waals surface area contributed by atoms with Crippen LogP contribution in [0.1, 0.15) is 42.9 Å². The van der Waals surface area contributed by atoms with Gasteiger partial charge in [0.1, 0.15) is 29.3 Å². The third-order valence-electron chi connectivity index (χ3n) is 3.11. The highest BCUT2D eigenvalue weighted by Crippen LogP contribution is 2.24. The molecule has 0 fully saturated rings. The molecule has 6 nitrogen and oxygen atoms in total. The molecule has 0 spiro atoms. The molecule has 2 aromatic heterocycles. The number of oxazole rings is 1. The van der Waals surface area contributed by atoms with Gasteiger partial charge in [-0.05, 0) is 20.8 Å². The summed E-state index contributed by atoms with van der Waals surface area (Å²) in [6.45, 7) is 7.90. The second-order valence-electron chi connectivity index (χ2n) is 4.74. The van der Waals surface area contributed by atoms with Gasteiger partial charge in [0, 0.05) is 19.0 Å². The molecule has 2 N–H and O–H groups in total. The van der Waals surface area contributed by atoms with Crippen LogP contribution in [-0.2, 0) is 6.42 Å². The Morgan fingerprint density at radius 2 is 1.95 bits per heavy atom. The van der Waals surface area contributed by atoms with E-state index in [0.717, 1.165) is 35.2 Å². The van der Waals surface area contributed by atoms with E-state index in [-0.39, 0.29) is 6.04 Å². The van der Waals surface area contributed by atoms with Crippen molar-refractivity contribution in [2.45, 2.75) is 40.2 Å². The molecule has 2 aromatic rings. The zero-order chi connectivity index (χ0) is 14.7. The highest BCUT2D eigenvalue weighted by molar-refractivity contribution is 5.57. The third kappa shape index (κ3) is 2.89. The van der Waals surface area contributed by atoms with E-state index in [1.54, 1.807) is 6.20 Å². The standard InChI is InChI=1S/C14H21N5O/c1-6-11-18-12(15-5)9(3)13(19-11)17-10(4)14-16-7-8(2)20-14/h7,10H,6H2,1-5H3,(H2,15,17,18,19). The van der Waals surface area contributed by atoms with E-state index in [2.05, 4.69) is 25.6 Å². The van der Waals surface area contributed by atoms with Crippen molar-refractivity contribution in [3.05, 3.63) is 29.2 Å². The van der Waals surface area contributed by atoms with Crippen molar-refractivity contribution in [1.29, 1.82) is 0 Å². The molecule has 6 heteroatoms. The summed E-state index contributed by atoms with van der Waals surface area (Å²) in [7, 11) is 1.86. The van der Waals surface area contributed by atoms with Crippen molar-refractivity contribution in [2.24, 2.45) is 0 Å². The predicted octanol–water partition coefficient (Wildman–Crippen LogP) is 2.86. The van der Waals surface area contributed by atoms with E-state index in [4.69, 9.17) is 4.42 Å². The number of hydrogen-bond acceptors (Lipinski definition) is 6. The summed E-state index contributed by atoms with van der Waals surface area (Å²) in [5.74, 6) is 3.92. The van der Waals surface area contributed by atoms with Crippen LogP contribution < -0.4 is 10.6 Å². The number of aryl methyl sites for hydroxylation is 2. The minimum atomic E-state index is -0.0493. The monoisotopic (exact) mass is 275 g/mol. The third-order valence-corrected chi connectivity index (χ3v) is 3.11. The summed E-state index contributed by atoms with van der Waals surface area (Å²) in [4.78, 5) is 13.2. The van der Waals surface area contributed by atoms with Crippen LogP contribution >= 0.6 is 0 Å². The molecule has 0 radical (unpaired) electrons. The van der Waals surface area contributed by atoms with Crippen LogP contribution in [-0.4, -0.2) is 22.0 Å². The molecule has 0 aliphatic carbocycles. The molecular weight excluding hydrogens is 254 g/mol. The lowest BCUT2D eigenvalue weighted by molar-refractivity contribution is 0.453. The first-order chi connectivity index (χ1) is 9.55. The van der Waals surface area contributed by atoms with Crippen molar-refractivity contribution < 1.29 is 4.42 Å². The lowest BCUT2D eigenvalue weighted by atomic mass is 10.2. The average molecular weight is 275 g/mol. The minimum Gasteiger partial charge on any atom is -0.444 e. The molecule has 0 aliphatic rings. The highest BCUT2D eigenvalue weighted by atomic mass is 16.4. The summed E-state index contributed by atoms with van der Waals surface area (Å²) in [6, 6.07) is -0.0493. The number of rotatable bonds is 5. The number of anilines is 2. The van der Waals surface area contributed by atoms with Crippen LogP contribution in [0, 0.1) is 13.8 Å². The van der Waals surface area contributed by atoms with Gasteiger partial charge in [-0.15, -0.1) is 0 Å². The van der Waals surface area contributed by atoms with E-state index < -0.39 is 0 Å². The SMILES string of the molecule is CCc1nc(NC)c(C)c(NC(C)c2ncc(C)o2)n1. The molecule has 0 bridgehead atoms. The van der Waals surface area contributed by atoms with Gasteiger partial charge in [0.2, 0.25) is 5.89 Å². The first-order valence-corrected chi connectivity index (χ1v) is 6.79. The zero-order valence-corrected chi connectivity index (χ0v) is 12.6. The number of nitrogens with one attached hydrogen (secondary N) is 2. The van der Waals surface area contributed by atoms with E-state index in [0.29, 0.717) is 5.89 Å². The Hall–Kier alpha value is -2.11. The molecule has 0 saturated heterocycles. The van der Waals surface area contributed by atoms with E-state index in [9.17, 15) is 0 Å². The van der Waals surface area contributed by atoms with E-state index >= 15 is 0 Å². The van der Waals surface area contributed by atoms with Crippen LogP contribution in [0.4, 0.5) is 11.6 Å². The summed E-state index contributed by atoms with van der Waals surface area (Å²) >= 11 is 0. The summed E-state index contributed by atoms with van der Waals surface area (Å²) in [6.07, 6.45) is 2.51. The van der Waals surface area contributed by atoms with Crippen molar-refractivity contribution in [2.75, 3.05) is 17.7 Å². The number of nitrogens with zero attached hydrogens (tertiary/aromatic N) is 3. The smallest absolute Gasteiger partial charge is 0.216 e. The molecule has 0 amide bonds. The van der Waals surface area contributed by atoms with Gasteiger partial charge in [0.05, 0.1) is 6.20 Å². The summed E-state index contributed by atoms with van der Waals surface area (Å²) in [5.41, 5.74) is 0.986. The number of hydrogen-bond donors (Lipinski definition) is 2. The Morgan fingerprint density at radius 3 is 2.50 bits per heavy atom. The Kier molecular flexibility index (Phi) is 4.22. The number of aromatic nitrogens is 3. The molecule has 0 aliphatic heterocycles. The molecule has 108 valence electrons. The Labute approximate surface area is 119 Å². The predicted molar refractivity (Wildman–Crippen MR) is 79.0 cm³/mol. The maximum absolute atomic E-state index is 5.54. The van der Waals surface area contributed by atoms with Gasteiger partial charge in [-0.1, -0.05) is 6.92 Å². The summed E-state index contributed by atoms with van der Waals surface area (Å²) in [5, 5.41) is 6.44. The molecule has 1 unspecified atom stereocenters. The first-order valence-electron chi connectivity index (χ1n) is 6.79. The topological polar surface area (TPSA) is 75.9 Å². The first kappa shape index (κ1) is 14.3. The van der Waals surface area contributed by atoms with Crippen molar-refractivity contribution in [3.8, 4) is 0 Å². The van der Waals surface area contributed by atoms with Gasteiger partial charge < -0.3 is 15.1 Å². The van der Waals surface area contributed by atoms with Gasteiger partial charge in [0.25, 0.3) is 0 Å². The normalized spacial score (nSPS) is 12.2. The van der Waals surface area contributed by atoms with Gasteiger partial charge >= 0.3 is 0 Å².